The van der Waals surface area contributed by atoms with E-state index in [9.17, 15) is 13.2 Å². The number of methoxy groups -OCH3 is 4. The van der Waals surface area contributed by atoms with Crippen LogP contribution in [0.1, 0.15) is 11.6 Å². The summed E-state index contributed by atoms with van der Waals surface area (Å²) in [7, 11) is 1.48. The number of ether oxygens (including phenoxy) is 4. The molecule has 1 saturated heterocycles. The maximum atomic E-state index is 14.2. The van der Waals surface area contributed by atoms with Gasteiger partial charge >= 0.3 is 0 Å². The zero-order valence-corrected chi connectivity index (χ0v) is 22.3. The Morgan fingerprint density at radius 3 is 2.21 bits per heavy atom. The van der Waals surface area contributed by atoms with Crippen molar-refractivity contribution >= 4 is 32.0 Å². The summed E-state index contributed by atoms with van der Waals surface area (Å²) in [6.07, 6.45) is 0. The molecule has 38 heavy (non-hydrogen) atoms. The van der Waals surface area contributed by atoms with Crippen LogP contribution in [0.15, 0.2) is 62.6 Å². The molecule has 1 fully saturated rings. The molecule has 0 radical (unpaired) electrons. The second-order valence-corrected chi connectivity index (χ2v) is 10.6. The minimum atomic E-state index is -4.19. The number of fused-ring (bicyclic) bond motifs is 2. The Kier molecular flexibility index (Phi) is 6.91. The van der Waals surface area contributed by atoms with Gasteiger partial charge in [0.25, 0.3) is 10.0 Å². The fraction of sp³-hybridized carbons (Fsp3) is 0.296. The second kappa shape index (κ2) is 10.2. The molecule has 1 atom stereocenters. The zero-order chi connectivity index (χ0) is 27.0. The van der Waals surface area contributed by atoms with Crippen molar-refractivity contribution in [3.8, 4) is 23.0 Å². The number of piperazine rings is 1. The van der Waals surface area contributed by atoms with E-state index in [0.717, 1.165) is 5.56 Å². The second-order valence-electron chi connectivity index (χ2n) is 8.73. The van der Waals surface area contributed by atoms with Gasteiger partial charge in [-0.25, -0.2) is 8.42 Å². The maximum absolute atomic E-state index is 14.2. The van der Waals surface area contributed by atoms with Crippen LogP contribution in [0.2, 0.25) is 0 Å². The normalized spacial score (nSPS) is 16.5. The molecule has 4 aromatic rings. The molecule has 10 nitrogen and oxygen atoms in total. The summed E-state index contributed by atoms with van der Waals surface area (Å²) in [5, 5.41) is 3.55. The van der Waals surface area contributed by atoms with E-state index in [2.05, 4.69) is 5.32 Å². The fourth-order valence-corrected chi connectivity index (χ4v) is 6.52. The van der Waals surface area contributed by atoms with Crippen LogP contribution >= 0.6 is 0 Å². The van der Waals surface area contributed by atoms with Crippen molar-refractivity contribution in [3.63, 3.8) is 0 Å². The van der Waals surface area contributed by atoms with E-state index in [4.69, 9.17) is 23.4 Å². The number of benzene rings is 3. The Morgan fingerprint density at radius 1 is 0.895 bits per heavy atom. The number of nitrogens with zero attached hydrogens (tertiary/aromatic N) is 1. The largest absolute Gasteiger partial charge is 0.496 e. The third-order valence-corrected chi connectivity index (χ3v) is 8.63. The van der Waals surface area contributed by atoms with Gasteiger partial charge in [0.1, 0.15) is 22.5 Å². The molecule has 2 heterocycles. The fourth-order valence-electron chi connectivity index (χ4n) is 4.81. The van der Waals surface area contributed by atoms with Crippen molar-refractivity contribution in [1.29, 1.82) is 0 Å². The van der Waals surface area contributed by atoms with Gasteiger partial charge in [-0.05, 0) is 11.6 Å². The van der Waals surface area contributed by atoms with Crippen molar-refractivity contribution in [2.45, 2.75) is 10.9 Å². The molecule has 1 unspecified atom stereocenters. The molecule has 0 aliphatic carbocycles. The molecule has 200 valence electrons. The standard InChI is InChI=1S/C27H28N2O8S/c1-33-20-12-17-19(13-21(20)34-2)37-26-24(25(17)30)22(35-3)14-23(36-4)27(26)38(31,32)29-11-10-28-18(15-29)16-8-6-5-7-9-16/h5-9,12-14,18,28H,10-11,15H2,1-4H3. The van der Waals surface area contributed by atoms with E-state index in [-0.39, 0.29) is 57.5 Å². The van der Waals surface area contributed by atoms with Gasteiger partial charge in [0, 0.05) is 37.8 Å². The van der Waals surface area contributed by atoms with E-state index in [0.29, 0.717) is 18.0 Å². The van der Waals surface area contributed by atoms with Gasteiger partial charge in [-0.15, -0.1) is 0 Å². The molecule has 5 rings (SSSR count). The van der Waals surface area contributed by atoms with Crippen LogP contribution in [-0.2, 0) is 10.0 Å². The highest BCUT2D eigenvalue weighted by molar-refractivity contribution is 7.89. The Morgan fingerprint density at radius 2 is 1.55 bits per heavy atom. The highest BCUT2D eigenvalue weighted by Gasteiger charge is 2.36. The number of hydrogen-bond acceptors (Lipinski definition) is 9. The van der Waals surface area contributed by atoms with E-state index in [1.807, 2.05) is 30.3 Å². The third kappa shape index (κ3) is 4.22. The smallest absolute Gasteiger partial charge is 0.250 e. The molecule has 0 saturated carbocycles. The monoisotopic (exact) mass is 540 g/mol. The molecule has 1 aliphatic rings. The predicted octanol–water partition coefficient (Wildman–Crippen LogP) is 3.32. The Labute approximate surface area is 219 Å². The molecule has 1 aromatic heterocycles. The first-order chi connectivity index (χ1) is 18.3. The lowest BCUT2D eigenvalue weighted by atomic mass is 10.1. The average Bonchev–Trinajstić information content (AvgIpc) is 2.96. The lowest BCUT2D eigenvalue weighted by molar-refractivity contribution is 0.300. The van der Waals surface area contributed by atoms with E-state index >= 15 is 0 Å². The third-order valence-electron chi connectivity index (χ3n) is 6.71. The molecule has 3 aromatic carbocycles. The van der Waals surface area contributed by atoms with Crippen LogP contribution in [0.3, 0.4) is 0 Å². The minimum Gasteiger partial charge on any atom is -0.496 e. The maximum Gasteiger partial charge on any atom is 0.250 e. The van der Waals surface area contributed by atoms with Crippen LogP contribution in [0.25, 0.3) is 21.9 Å². The molecule has 1 N–H and O–H groups in total. The van der Waals surface area contributed by atoms with Crippen LogP contribution in [0, 0.1) is 0 Å². The first kappa shape index (κ1) is 25.8. The summed E-state index contributed by atoms with van der Waals surface area (Å²) in [5.74, 6) is 0.796. The average molecular weight is 541 g/mol. The summed E-state index contributed by atoms with van der Waals surface area (Å²) in [6.45, 7) is 0.857. The minimum absolute atomic E-state index is 0.00659. The van der Waals surface area contributed by atoms with Crippen LogP contribution < -0.4 is 29.7 Å². The van der Waals surface area contributed by atoms with Gasteiger partial charge < -0.3 is 28.7 Å². The summed E-state index contributed by atoms with van der Waals surface area (Å²) < 4.78 is 57.6. The number of rotatable bonds is 7. The first-order valence-electron chi connectivity index (χ1n) is 11.9. The molecule has 11 heteroatoms. The molecule has 0 bridgehead atoms. The summed E-state index contributed by atoms with van der Waals surface area (Å²) in [5.41, 5.74) is 0.480. The summed E-state index contributed by atoms with van der Waals surface area (Å²) in [6, 6.07) is 13.8. The molecular formula is C27H28N2O8S. The first-order valence-corrected chi connectivity index (χ1v) is 13.3. The molecule has 0 amide bonds. The van der Waals surface area contributed by atoms with Gasteiger partial charge in [0.05, 0.1) is 33.8 Å². The van der Waals surface area contributed by atoms with Gasteiger partial charge in [-0.3, -0.25) is 4.79 Å². The Hall–Kier alpha value is -3.80. The van der Waals surface area contributed by atoms with Gasteiger partial charge in [-0.2, -0.15) is 4.31 Å². The zero-order valence-electron chi connectivity index (χ0n) is 21.4. The molecular weight excluding hydrogens is 512 g/mol. The van der Waals surface area contributed by atoms with Crippen LogP contribution in [-0.4, -0.2) is 60.8 Å². The van der Waals surface area contributed by atoms with Gasteiger partial charge in [-0.1, -0.05) is 30.3 Å². The van der Waals surface area contributed by atoms with E-state index in [1.165, 1.54) is 50.9 Å². The highest BCUT2D eigenvalue weighted by Crippen LogP contribution is 2.42. The van der Waals surface area contributed by atoms with Crippen molar-refractivity contribution < 1.29 is 31.8 Å². The van der Waals surface area contributed by atoms with E-state index < -0.39 is 15.5 Å². The molecule has 1 aliphatic heterocycles. The lowest BCUT2D eigenvalue weighted by Gasteiger charge is -2.33. The van der Waals surface area contributed by atoms with Crippen molar-refractivity contribution in [2.75, 3.05) is 48.1 Å². The Balaban J connectivity index is 1.76. The number of nitrogens with one attached hydrogen (secondary N) is 1. The highest BCUT2D eigenvalue weighted by atomic mass is 32.2. The van der Waals surface area contributed by atoms with Gasteiger partial charge in [0.2, 0.25) is 5.43 Å². The molecule has 0 spiro atoms. The number of hydrogen-bond donors (Lipinski definition) is 1. The quantitative estimate of drug-likeness (QED) is 0.352. The van der Waals surface area contributed by atoms with Gasteiger partial charge in [0.15, 0.2) is 22.0 Å². The number of sulfonamides is 1. The summed E-state index contributed by atoms with van der Waals surface area (Å²) >= 11 is 0. The van der Waals surface area contributed by atoms with Crippen molar-refractivity contribution in [1.82, 2.24) is 9.62 Å². The Bertz CT molecular complexity index is 1670. The van der Waals surface area contributed by atoms with Crippen LogP contribution in [0.4, 0.5) is 0 Å². The van der Waals surface area contributed by atoms with E-state index in [1.54, 1.807) is 0 Å². The lowest BCUT2D eigenvalue weighted by Crippen LogP contribution is -2.48. The predicted molar refractivity (Wildman–Crippen MR) is 142 cm³/mol. The summed E-state index contributed by atoms with van der Waals surface area (Å²) in [4.78, 5) is 13.5. The van der Waals surface area contributed by atoms with Crippen molar-refractivity contribution in [2.24, 2.45) is 0 Å². The van der Waals surface area contributed by atoms with Crippen molar-refractivity contribution in [3.05, 3.63) is 64.3 Å². The van der Waals surface area contributed by atoms with Crippen LogP contribution in [0.5, 0.6) is 23.0 Å². The topological polar surface area (TPSA) is 117 Å². The SMILES string of the molecule is COc1cc2oc3c(S(=O)(=O)N4CCNC(c5ccccc5)C4)c(OC)cc(OC)c3c(=O)c2cc1OC.